The number of carbonyl (C=O) groups is 1. The first-order valence-corrected chi connectivity index (χ1v) is 7.75. The van der Waals surface area contributed by atoms with Crippen LogP contribution in [0.25, 0.3) is 0 Å². The molecule has 3 rings (SSSR count). The number of likely N-dealkylation sites (N-methyl/N-ethyl adjacent to an activating group) is 1. The van der Waals surface area contributed by atoms with Crippen LogP contribution in [0.5, 0.6) is 0 Å². The molecular weight excluding hydrogens is 322 g/mol. The molecule has 1 aliphatic rings. The fourth-order valence-corrected chi connectivity index (χ4v) is 2.99. The second kappa shape index (κ2) is 6.67. The molecule has 0 radical (unpaired) electrons. The van der Waals surface area contributed by atoms with Gasteiger partial charge in [-0.25, -0.2) is 4.98 Å². The molecule has 9 heteroatoms. The quantitative estimate of drug-likeness (QED) is 0.882. The Balaban J connectivity index is 1.62. The Labute approximate surface area is 138 Å². The summed E-state index contributed by atoms with van der Waals surface area (Å²) in [4.78, 5) is 18.2. The second-order valence-corrected chi connectivity index (χ2v) is 5.99. The first-order chi connectivity index (χ1) is 11.1. The number of hydrogen-bond donors (Lipinski definition) is 1. The van der Waals surface area contributed by atoms with Crippen molar-refractivity contribution in [1.82, 2.24) is 25.2 Å². The summed E-state index contributed by atoms with van der Waals surface area (Å²) in [5.41, 5.74) is 1.26. The van der Waals surface area contributed by atoms with Gasteiger partial charge in [0.25, 0.3) is 0 Å². The molecule has 2 aromatic heterocycles. The normalized spacial score (nSPS) is 20.8. The zero-order chi connectivity index (χ0) is 16.4. The number of ether oxygens (including phenoxy) is 1. The summed E-state index contributed by atoms with van der Waals surface area (Å²) < 4.78 is 10.6. The van der Waals surface area contributed by atoms with Gasteiger partial charge in [-0.1, -0.05) is 5.16 Å². The van der Waals surface area contributed by atoms with Gasteiger partial charge in [0.2, 0.25) is 11.1 Å². The van der Waals surface area contributed by atoms with Crippen LogP contribution < -0.4 is 0 Å². The van der Waals surface area contributed by atoms with E-state index in [-0.39, 0.29) is 29.6 Å². The largest absolute Gasteiger partial charge is 0.376 e. The van der Waals surface area contributed by atoms with Crippen molar-refractivity contribution < 1.29 is 14.1 Å². The SMILES string of the molecule is Cc1noc(Cl)c1CC(=O)N(C)C[C@H]1OCC[C@H]1c1ncn[nH]1. The monoisotopic (exact) mass is 339 g/mol. The number of H-pyrrole nitrogens is 1. The van der Waals surface area contributed by atoms with Gasteiger partial charge in [-0.05, 0) is 24.9 Å². The van der Waals surface area contributed by atoms with E-state index in [0.717, 1.165) is 12.2 Å². The van der Waals surface area contributed by atoms with Crippen LogP contribution >= 0.6 is 11.6 Å². The lowest BCUT2D eigenvalue weighted by atomic mass is 10.0. The summed E-state index contributed by atoms with van der Waals surface area (Å²) in [6, 6.07) is 0. The molecule has 1 aliphatic heterocycles. The Morgan fingerprint density at radius 3 is 3.04 bits per heavy atom. The van der Waals surface area contributed by atoms with Crippen LogP contribution in [0.1, 0.15) is 29.4 Å². The number of hydrogen-bond acceptors (Lipinski definition) is 6. The molecule has 0 bridgehead atoms. The van der Waals surface area contributed by atoms with Crippen molar-refractivity contribution >= 4 is 17.5 Å². The van der Waals surface area contributed by atoms with Crippen LogP contribution in [-0.4, -0.2) is 57.4 Å². The number of aromatic amines is 1. The van der Waals surface area contributed by atoms with Crippen molar-refractivity contribution in [3.63, 3.8) is 0 Å². The Morgan fingerprint density at radius 2 is 2.39 bits per heavy atom. The summed E-state index contributed by atoms with van der Waals surface area (Å²) in [6.45, 7) is 2.89. The first-order valence-electron chi connectivity index (χ1n) is 7.37. The average molecular weight is 340 g/mol. The molecule has 1 amide bonds. The van der Waals surface area contributed by atoms with Gasteiger partial charge in [0, 0.05) is 31.7 Å². The van der Waals surface area contributed by atoms with Crippen molar-refractivity contribution in [1.29, 1.82) is 0 Å². The minimum absolute atomic E-state index is 0.0648. The van der Waals surface area contributed by atoms with E-state index in [0.29, 0.717) is 24.4 Å². The highest BCUT2D eigenvalue weighted by Crippen LogP contribution is 2.29. The molecule has 0 unspecified atom stereocenters. The maximum absolute atomic E-state index is 12.4. The highest BCUT2D eigenvalue weighted by Gasteiger charge is 2.33. The van der Waals surface area contributed by atoms with Crippen LogP contribution in [0, 0.1) is 6.92 Å². The topological polar surface area (TPSA) is 97.1 Å². The minimum atomic E-state index is -0.101. The Hall–Kier alpha value is -1.93. The number of aromatic nitrogens is 4. The zero-order valence-electron chi connectivity index (χ0n) is 13.0. The number of halogens is 1. The van der Waals surface area contributed by atoms with Gasteiger partial charge in [0.05, 0.1) is 18.2 Å². The lowest BCUT2D eigenvalue weighted by Gasteiger charge is -2.24. The number of amides is 1. The summed E-state index contributed by atoms with van der Waals surface area (Å²) >= 11 is 5.91. The van der Waals surface area contributed by atoms with Crippen LogP contribution in [0.15, 0.2) is 10.9 Å². The number of aryl methyl sites for hydroxylation is 1. The van der Waals surface area contributed by atoms with Gasteiger partial charge in [0.15, 0.2) is 0 Å². The minimum Gasteiger partial charge on any atom is -0.376 e. The fourth-order valence-electron chi connectivity index (χ4n) is 2.75. The van der Waals surface area contributed by atoms with Crippen molar-refractivity contribution in [2.75, 3.05) is 20.2 Å². The van der Waals surface area contributed by atoms with Gasteiger partial charge in [-0.15, -0.1) is 0 Å². The molecule has 2 atom stereocenters. The smallest absolute Gasteiger partial charge is 0.229 e. The van der Waals surface area contributed by atoms with Crippen LogP contribution in [0.4, 0.5) is 0 Å². The van der Waals surface area contributed by atoms with Crippen LogP contribution in [-0.2, 0) is 16.0 Å². The van der Waals surface area contributed by atoms with Gasteiger partial charge in [0.1, 0.15) is 12.2 Å². The lowest BCUT2D eigenvalue weighted by Crippen LogP contribution is -2.37. The van der Waals surface area contributed by atoms with Gasteiger partial charge >= 0.3 is 0 Å². The molecule has 0 aromatic carbocycles. The Bertz CT molecular complexity index is 653. The molecule has 0 spiro atoms. The van der Waals surface area contributed by atoms with Crippen LogP contribution in [0.3, 0.4) is 0 Å². The van der Waals surface area contributed by atoms with Crippen molar-refractivity contribution in [3.05, 3.63) is 28.6 Å². The Kier molecular flexibility index (Phi) is 4.63. The molecule has 3 heterocycles. The highest BCUT2D eigenvalue weighted by atomic mass is 35.5. The maximum atomic E-state index is 12.4. The predicted octanol–water partition coefficient (Wildman–Crippen LogP) is 1.33. The molecule has 23 heavy (non-hydrogen) atoms. The number of nitrogens with zero attached hydrogens (tertiary/aromatic N) is 4. The van der Waals surface area contributed by atoms with Crippen molar-refractivity contribution in [3.8, 4) is 0 Å². The number of nitrogens with one attached hydrogen (secondary N) is 1. The second-order valence-electron chi connectivity index (χ2n) is 5.65. The number of rotatable bonds is 5. The molecule has 2 aromatic rings. The molecule has 8 nitrogen and oxygen atoms in total. The zero-order valence-corrected chi connectivity index (χ0v) is 13.7. The third-order valence-corrected chi connectivity index (χ3v) is 4.44. The summed E-state index contributed by atoms with van der Waals surface area (Å²) in [7, 11) is 1.75. The highest BCUT2D eigenvalue weighted by molar-refractivity contribution is 6.29. The third-order valence-electron chi connectivity index (χ3n) is 4.14. The van der Waals surface area contributed by atoms with E-state index in [2.05, 4.69) is 20.3 Å². The molecular formula is C14H18ClN5O3. The van der Waals surface area contributed by atoms with E-state index in [1.54, 1.807) is 18.9 Å². The maximum Gasteiger partial charge on any atom is 0.229 e. The van der Waals surface area contributed by atoms with Gasteiger partial charge in [-0.2, -0.15) is 5.10 Å². The van der Waals surface area contributed by atoms with Crippen molar-refractivity contribution in [2.24, 2.45) is 0 Å². The fraction of sp³-hybridized carbons (Fsp3) is 0.571. The first kappa shape index (κ1) is 15.9. The van der Waals surface area contributed by atoms with E-state index in [1.165, 1.54) is 6.33 Å². The van der Waals surface area contributed by atoms with Crippen molar-refractivity contribution in [2.45, 2.75) is 31.8 Å². The average Bonchev–Trinajstić information content (AvgIpc) is 3.24. The lowest BCUT2D eigenvalue weighted by molar-refractivity contribution is -0.130. The molecule has 124 valence electrons. The molecule has 0 saturated carbocycles. The summed E-state index contributed by atoms with van der Waals surface area (Å²) in [5.74, 6) is 0.852. The standard InChI is InChI=1S/C14H18ClN5O3/c1-8-10(13(15)23-19-8)5-12(21)20(2)6-11-9(3-4-22-11)14-16-7-17-18-14/h7,9,11H,3-6H2,1-2H3,(H,16,17,18)/t9-,11-/m1/s1. The molecule has 1 saturated heterocycles. The summed E-state index contributed by atoms with van der Waals surface area (Å²) in [5, 5.41) is 10.7. The van der Waals surface area contributed by atoms with Crippen LogP contribution in [0.2, 0.25) is 5.22 Å². The van der Waals surface area contributed by atoms with Gasteiger partial charge in [-0.3, -0.25) is 9.89 Å². The van der Waals surface area contributed by atoms with E-state index < -0.39 is 0 Å². The Morgan fingerprint density at radius 1 is 1.57 bits per heavy atom. The van der Waals surface area contributed by atoms with E-state index >= 15 is 0 Å². The predicted molar refractivity (Wildman–Crippen MR) is 81.1 cm³/mol. The number of carbonyl (C=O) groups excluding carboxylic acids is 1. The molecule has 1 N–H and O–H groups in total. The van der Waals surface area contributed by atoms with Gasteiger partial charge < -0.3 is 14.2 Å². The molecule has 1 fully saturated rings. The molecule has 0 aliphatic carbocycles. The van der Waals surface area contributed by atoms with E-state index in [4.69, 9.17) is 20.9 Å². The summed E-state index contributed by atoms with van der Waals surface area (Å²) in [6.07, 6.45) is 2.40. The van der Waals surface area contributed by atoms with E-state index in [1.807, 2.05) is 0 Å². The third kappa shape index (κ3) is 3.37. The van der Waals surface area contributed by atoms with E-state index in [9.17, 15) is 4.79 Å².